The number of hydrogen-bond acceptors (Lipinski definition) is 1. The molecule has 0 aromatic heterocycles. The van der Waals surface area contributed by atoms with Crippen LogP contribution < -0.4 is 5.32 Å². The molecule has 4 heteroatoms. The first-order valence-corrected chi connectivity index (χ1v) is 6.85. The predicted octanol–water partition coefficient (Wildman–Crippen LogP) is 4.55. The van der Waals surface area contributed by atoms with Gasteiger partial charge in [0.05, 0.1) is 0 Å². The van der Waals surface area contributed by atoms with Crippen LogP contribution in [-0.2, 0) is 4.79 Å². The monoisotopic (exact) mass is 333 g/mol. The van der Waals surface area contributed by atoms with Crippen molar-refractivity contribution in [1.29, 1.82) is 0 Å². The number of carbonyl (C=O) groups excluding carboxylic acids is 1. The van der Waals surface area contributed by atoms with Gasteiger partial charge in [-0.25, -0.2) is 4.39 Å². The maximum Gasteiger partial charge on any atom is 0.248 e. The van der Waals surface area contributed by atoms with Crippen LogP contribution in [0.4, 0.5) is 10.1 Å². The first-order valence-electron chi connectivity index (χ1n) is 6.05. The molecule has 0 saturated carbocycles. The van der Waals surface area contributed by atoms with Crippen molar-refractivity contribution in [3.05, 3.63) is 70.0 Å². The quantitative estimate of drug-likeness (QED) is 0.820. The third-order valence-corrected chi connectivity index (χ3v) is 3.57. The molecule has 1 N–H and O–H groups in total. The highest BCUT2D eigenvalue weighted by atomic mass is 79.9. The highest BCUT2D eigenvalue weighted by molar-refractivity contribution is 9.10. The number of amides is 1. The minimum absolute atomic E-state index is 0.259. The Morgan fingerprint density at radius 3 is 2.75 bits per heavy atom. The van der Waals surface area contributed by atoms with E-state index in [9.17, 15) is 9.18 Å². The van der Waals surface area contributed by atoms with Gasteiger partial charge in [-0.15, -0.1) is 0 Å². The summed E-state index contributed by atoms with van der Waals surface area (Å²) in [5, 5.41) is 2.75. The molecule has 0 radical (unpaired) electrons. The molecule has 2 aromatic carbocycles. The third-order valence-electron chi connectivity index (χ3n) is 2.72. The SMILES string of the molecule is Cc1ccc(NC(=O)/C=C/c2cccc(F)c2)cc1Br. The summed E-state index contributed by atoms with van der Waals surface area (Å²) in [6, 6.07) is 11.6. The van der Waals surface area contributed by atoms with Gasteiger partial charge in [-0.2, -0.15) is 0 Å². The maximum absolute atomic E-state index is 13.0. The molecule has 0 fully saturated rings. The molecule has 20 heavy (non-hydrogen) atoms. The van der Waals surface area contributed by atoms with Crippen LogP contribution in [0.1, 0.15) is 11.1 Å². The third kappa shape index (κ3) is 4.03. The predicted molar refractivity (Wildman–Crippen MR) is 82.9 cm³/mol. The fourth-order valence-corrected chi connectivity index (χ4v) is 2.02. The Balaban J connectivity index is 2.03. The summed E-state index contributed by atoms with van der Waals surface area (Å²) in [7, 11) is 0. The second kappa shape index (κ2) is 6.48. The summed E-state index contributed by atoms with van der Waals surface area (Å²) < 4.78 is 13.9. The number of hydrogen-bond donors (Lipinski definition) is 1. The van der Waals surface area contributed by atoms with Crippen LogP contribution in [0.2, 0.25) is 0 Å². The minimum atomic E-state index is -0.324. The molecule has 0 spiro atoms. The molecule has 0 bridgehead atoms. The second-order valence-corrected chi connectivity index (χ2v) is 5.20. The van der Waals surface area contributed by atoms with Gasteiger partial charge in [-0.05, 0) is 48.4 Å². The van der Waals surface area contributed by atoms with Gasteiger partial charge in [0.15, 0.2) is 0 Å². The van der Waals surface area contributed by atoms with Crippen LogP contribution >= 0.6 is 15.9 Å². The molecule has 0 unspecified atom stereocenters. The Hall–Kier alpha value is -1.94. The largest absolute Gasteiger partial charge is 0.322 e. The Kier molecular flexibility index (Phi) is 4.69. The first-order chi connectivity index (χ1) is 9.54. The number of nitrogens with one attached hydrogen (secondary N) is 1. The summed E-state index contributed by atoms with van der Waals surface area (Å²) in [5.41, 5.74) is 2.44. The van der Waals surface area contributed by atoms with Gasteiger partial charge in [0.25, 0.3) is 0 Å². The Labute approximate surface area is 125 Å². The number of benzene rings is 2. The fourth-order valence-electron chi connectivity index (χ4n) is 1.64. The number of aryl methyl sites for hydroxylation is 1. The molecule has 2 nitrogen and oxygen atoms in total. The lowest BCUT2D eigenvalue weighted by atomic mass is 10.2. The molecule has 1 amide bonds. The molecular weight excluding hydrogens is 321 g/mol. The van der Waals surface area contributed by atoms with Crippen LogP contribution in [0.3, 0.4) is 0 Å². The highest BCUT2D eigenvalue weighted by Crippen LogP contribution is 2.20. The van der Waals surface area contributed by atoms with Crippen molar-refractivity contribution in [3.8, 4) is 0 Å². The van der Waals surface area contributed by atoms with Crippen LogP contribution in [0.5, 0.6) is 0 Å². The lowest BCUT2D eigenvalue weighted by Crippen LogP contribution is -2.07. The summed E-state index contributed by atoms with van der Waals surface area (Å²) in [4.78, 5) is 11.8. The van der Waals surface area contributed by atoms with Crippen LogP contribution in [0.15, 0.2) is 53.0 Å². The highest BCUT2D eigenvalue weighted by Gasteiger charge is 2.00. The van der Waals surface area contributed by atoms with Gasteiger partial charge in [-0.3, -0.25) is 4.79 Å². The number of rotatable bonds is 3. The lowest BCUT2D eigenvalue weighted by Gasteiger charge is -2.04. The molecule has 0 aliphatic heterocycles. The van der Waals surface area contributed by atoms with Crippen molar-refractivity contribution in [2.24, 2.45) is 0 Å². The minimum Gasteiger partial charge on any atom is -0.322 e. The topological polar surface area (TPSA) is 29.1 Å². The van der Waals surface area contributed by atoms with Crippen molar-refractivity contribution in [3.63, 3.8) is 0 Å². The van der Waals surface area contributed by atoms with Crippen LogP contribution in [-0.4, -0.2) is 5.91 Å². The van der Waals surface area contributed by atoms with E-state index in [0.717, 1.165) is 10.0 Å². The average Bonchev–Trinajstić information content (AvgIpc) is 2.41. The van der Waals surface area contributed by atoms with E-state index in [4.69, 9.17) is 0 Å². The van der Waals surface area contributed by atoms with Crippen molar-refractivity contribution in [2.45, 2.75) is 6.92 Å². The van der Waals surface area contributed by atoms with Gasteiger partial charge >= 0.3 is 0 Å². The zero-order chi connectivity index (χ0) is 14.5. The molecule has 0 atom stereocenters. The molecule has 0 aliphatic rings. The zero-order valence-corrected chi connectivity index (χ0v) is 12.4. The van der Waals surface area contributed by atoms with Gasteiger partial charge < -0.3 is 5.32 Å². The summed E-state index contributed by atoms with van der Waals surface area (Å²) in [6.45, 7) is 1.97. The average molecular weight is 334 g/mol. The molecule has 0 heterocycles. The fraction of sp³-hybridized carbons (Fsp3) is 0.0625. The number of halogens is 2. The number of carbonyl (C=O) groups is 1. The van der Waals surface area contributed by atoms with Crippen molar-refractivity contribution in [2.75, 3.05) is 5.32 Å². The molecular formula is C16H13BrFNO. The molecule has 2 rings (SSSR count). The van der Waals surface area contributed by atoms with E-state index >= 15 is 0 Å². The van der Waals surface area contributed by atoms with E-state index in [1.54, 1.807) is 18.2 Å². The van der Waals surface area contributed by atoms with Crippen molar-refractivity contribution in [1.82, 2.24) is 0 Å². The Morgan fingerprint density at radius 1 is 1.25 bits per heavy atom. The molecule has 2 aromatic rings. The summed E-state index contributed by atoms with van der Waals surface area (Å²) in [6.07, 6.45) is 2.95. The van der Waals surface area contributed by atoms with E-state index in [1.807, 2.05) is 25.1 Å². The van der Waals surface area contributed by atoms with Gasteiger partial charge in [0.2, 0.25) is 5.91 Å². The van der Waals surface area contributed by atoms with Gasteiger partial charge in [0, 0.05) is 16.2 Å². The first kappa shape index (κ1) is 14.5. The molecule has 0 saturated heterocycles. The number of anilines is 1. The molecule has 0 aliphatic carbocycles. The molecule has 102 valence electrons. The summed E-state index contributed by atoms with van der Waals surface area (Å²) >= 11 is 3.41. The maximum atomic E-state index is 13.0. The van der Waals surface area contributed by atoms with Gasteiger partial charge in [0.1, 0.15) is 5.82 Å². The normalized spacial score (nSPS) is 10.8. The Bertz CT molecular complexity index is 667. The standard InChI is InChI=1S/C16H13BrFNO/c1-11-5-7-14(10-15(11)17)19-16(20)8-6-12-3-2-4-13(18)9-12/h2-10H,1H3,(H,19,20)/b8-6+. The summed E-state index contributed by atoms with van der Waals surface area (Å²) in [5.74, 6) is -0.583. The van der Waals surface area contributed by atoms with E-state index < -0.39 is 0 Å². The second-order valence-electron chi connectivity index (χ2n) is 4.34. The zero-order valence-electron chi connectivity index (χ0n) is 10.9. The van der Waals surface area contributed by atoms with Crippen molar-refractivity contribution < 1.29 is 9.18 Å². The smallest absolute Gasteiger partial charge is 0.248 e. The van der Waals surface area contributed by atoms with E-state index in [-0.39, 0.29) is 11.7 Å². The Morgan fingerprint density at radius 2 is 2.05 bits per heavy atom. The lowest BCUT2D eigenvalue weighted by molar-refractivity contribution is -0.111. The van der Waals surface area contributed by atoms with Crippen molar-refractivity contribution >= 4 is 33.6 Å². The van der Waals surface area contributed by atoms with Gasteiger partial charge in [-0.1, -0.05) is 34.1 Å². The van der Waals surface area contributed by atoms with Crippen LogP contribution in [0.25, 0.3) is 6.08 Å². The van der Waals surface area contributed by atoms with E-state index in [2.05, 4.69) is 21.2 Å². The van der Waals surface area contributed by atoms with E-state index in [0.29, 0.717) is 11.3 Å². The van der Waals surface area contributed by atoms with Crippen LogP contribution in [0, 0.1) is 12.7 Å². The van der Waals surface area contributed by atoms with E-state index in [1.165, 1.54) is 18.2 Å².